The molecule has 31 heavy (non-hydrogen) atoms. The first kappa shape index (κ1) is 18.9. The van der Waals surface area contributed by atoms with Gasteiger partial charge in [0.1, 0.15) is 11.6 Å². The molecule has 0 saturated carbocycles. The number of tetrazole rings is 1. The maximum atomic E-state index is 4.46. The molecule has 5 rings (SSSR count). The smallest absolute Gasteiger partial charge is 0.205 e. The first-order valence-electron chi connectivity index (χ1n) is 10.1. The Kier molecular flexibility index (Phi) is 4.84. The minimum atomic E-state index is 0.576. The average molecular weight is 407 g/mol. The molecular weight excluding hydrogens is 386 g/mol. The Morgan fingerprint density at radius 2 is 1.58 bits per heavy atom. The van der Waals surface area contributed by atoms with Crippen molar-refractivity contribution in [2.24, 2.45) is 0 Å². The lowest BCUT2D eigenvalue weighted by Gasteiger charge is -2.11. The van der Waals surface area contributed by atoms with Gasteiger partial charge in [0.05, 0.1) is 6.54 Å². The van der Waals surface area contributed by atoms with Crippen LogP contribution in [0.3, 0.4) is 0 Å². The van der Waals surface area contributed by atoms with Gasteiger partial charge >= 0.3 is 0 Å². The number of H-pyrrole nitrogens is 1. The van der Waals surface area contributed by atoms with E-state index >= 15 is 0 Å². The first-order valence-corrected chi connectivity index (χ1v) is 10.1. The molecule has 7 nitrogen and oxygen atoms in total. The van der Waals surface area contributed by atoms with E-state index in [0.29, 0.717) is 12.4 Å². The van der Waals surface area contributed by atoms with Crippen molar-refractivity contribution in [3.8, 4) is 33.6 Å². The average Bonchev–Trinajstić information content (AvgIpc) is 3.44. The quantitative estimate of drug-likeness (QED) is 0.465. The number of aromatic nitrogens is 7. The second kappa shape index (κ2) is 7.95. The van der Waals surface area contributed by atoms with Crippen LogP contribution in [0.5, 0.6) is 0 Å². The maximum Gasteiger partial charge on any atom is 0.205 e. The Morgan fingerprint density at radius 3 is 2.26 bits per heavy atom. The number of rotatable bonds is 5. The van der Waals surface area contributed by atoms with Gasteiger partial charge in [-0.2, -0.15) is 10.3 Å². The number of nitrogens with one attached hydrogen (secondary N) is 1. The zero-order valence-corrected chi connectivity index (χ0v) is 17.3. The number of benzene rings is 3. The molecule has 0 aliphatic rings. The van der Waals surface area contributed by atoms with Gasteiger partial charge in [0.15, 0.2) is 0 Å². The largest absolute Gasteiger partial charge is 0.246 e. The maximum absolute atomic E-state index is 4.46. The molecule has 0 spiro atoms. The van der Waals surface area contributed by atoms with Crippen molar-refractivity contribution in [2.45, 2.75) is 20.4 Å². The predicted molar refractivity (Wildman–Crippen MR) is 119 cm³/mol. The first-order chi connectivity index (χ1) is 15.2. The number of aryl methyl sites for hydroxylation is 2. The van der Waals surface area contributed by atoms with E-state index in [9.17, 15) is 0 Å². The fourth-order valence-electron chi connectivity index (χ4n) is 3.74. The molecule has 0 bridgehead atoms. The van der Waals surface area contributed by atoms with Gasteiger partial charge in [-0.15, -0.1) is 10.2 Å². The van der Waals surface area contributed by atoms with Crippen molar-refractivity contribution < 1.29 is 0 Å². The van der Waals surface area contributed by atoms with Crippen LogP contribution in [0.2, 0.25) is 0 Å². The zero-order valence-electron chi connectivity index (χ0n) is 17.3. The van der Waals surface area contributed by atoms with Gasteiger partial charge in [0.25, 0.3) is 0 Å². The van der Waals surface area contributed by atoms with Crippen molar-refractivity contribution in [3.63, 3.8) is 0 Å². The summed E-state index contributed by atoms with van der Waals surface area (Å²) in [6, 6.07) is 25.2. The van der Waals surface area contributed by atoms with E-state index in [1.54, 1.807) is 0 Å². The van der Waals surface area contributed by atoms with E-state index in [1.165, 1.54) is 0 Å². The van der Waals surface area contributed by atoms with E-state index in [4.69, 9.17) is 0 Å². The summed E-state index contributed by atoms with van der Waals surface area (Å²) in [4.78, 5) is 4.38. The summed E-state index contributed by atoms with van der Waals surface area (Å²) in [5.74, 6) is 2.28. The SMILES string of the molecule is Cc1nc(C)n(Cc2ccc(-c3cc(-c4ccccc4)ccc3-c3nn[nH]n3)cc2)n1. The van der Waals surface area contributed by atoms with Crippen LogP contribution in [0.4, 0.5) is 0 Å². The highest BCUT2D eigenvalue weighted by atomic mass is 15.5. The zero-order chi connectivity index (χ0) is 21.2. The lowest BCUT2D eigenvalue weighted by molar-refractivity contribution is 0.656. The molecule has 0 aliphatic carbocycles. The second-order valence-corrected chi connectivity index (χ2v) is 7.42. The van der Waals surface area contributed by atoms with Gasteiger partial charge in [-0.05, 0) is 59.0 Å². The van der Waals surface area contributed by atoms with Crippen LogP contribution in [0, 0.1) is 13.8 Å². The minimum absolute atomic E-state index is 0.576. The van der Waals surface area contributed by atoms with Crippen LogP contribution in [-0.2, 0) is 6.54 Å². The Morgan fingerprint density at radius 1 is 0.806 bits per heavy atom. The summed E-state index contributed by atoms with van der Waals surface area (Å²) >= 11 is 0. The Hall–Kier alpha value is -4.13. The number of hydrogen-bond acceptors (Lipinski definition) is 5. The molecule has 0 radical (unpaired) electrons. The third kappa shape index (κ3) is 3.85. The molecular formula is C24H21N7. The van der Waals surface area contributed by atoms with Gasteiger partial charge < -0.3 is 0 Å². The van der Waals surface area contributed by atoms with E-state index in [2.05, 4.69) is 85.3 Å². The molecule has 0 saturated heterocycles. The van der Waals surface area contributed by atoms with Crippen molar-refractivity contribution in [1.29, 1.82) is 0 Å². The highest BCUT2D eigenvalue weighted by molar-refractivity contribution is 5.84. The number of hydrogen-bond donors (Lipinski definition) is 1. The van der Waals surface area contributed by atoms with E-state index < -0.39 is 0 Å². The van der Waals surface area contributed by atoms with E-state index in [0.717, 1.165) is 45.0 Å². The number of aromatic amines is 1. The number of nitrogens with zero attached hydrogens (tertiary/aromatic N) is 6. The summed E-state index contributed by atoms with van der Waals surface area (Å²) in [5, 5.41) is 19.1. The summed E-state index contributed by atoms with van der Waals surface area (Å²) in [5.41, 5.74) is 6.55. The van der Waals surface area contributed by atoms with Crippen LogP contribution in [-0.4, -0.2) is 35.4 Å². The molecule has 0 amide bonds. The third-order valence-electron chi connectivity index (χ3n) is 5.27. The molecule has 2 aromatic heterocycles. The molecule has 0 atom stereocenters. The highest BCUT2D eigenvalue weighted by Gasteiger charge is 2.13. The molecule has 2 heterocycles. The van der Waals surface area contributed by atoms with E-state index in [-0.39, 0.29) is 0 Å². The van der Waals surface area contributed by atoms with Crippen LogP contribution < -0.4 is 0 Å². The van der Waals surface area contributed by atoms with Gasteiger partial charge in [-0.1, -0.05) is 60.7 Å². The summed E-state index contributed by atoms with van der Waals surface area (Å²) in [6.07, 6.45) is 0. The van der Waals surface area contributed by atoms with E-state index in [1.807, 2.05) is 36.7 Å². The van der Waals surface area contributed by atoms with Gasteiger partial charge in [-0.3, -0.25) is 0 Å². The van der Waals surface area contributed by atoms with Gasteiger partial charge in [0.2, 0.25) is 5.82 Å². The predicted octanol–water partition coefficient (Wildman–Crippen LogP) is 4.46. The van der Waals surface area contributed by atoms with Crippen LogP contribution in [0.15, 0.2) is 72.8 Å². The normalized spacial score (nSPS) is 11.0. The van der Waals surface area contributed by atoms with Crippen molar-refractivity contribution >= 4 is 0 Å². The van der Waals surface area contributed by atoms with Crippen molar-refractivity contribution in [3.05, 3.63) is 90.0 Å². The topological polar surface area (TPSA) is 85.2 Å². The van der Waals surface area contributed by atoms with Gasteiger partial charge in [0, 0.05) is 5.56 Å². The molecule has 5 aromatic rings. The Balaban J connectivity index is 1.54. The lowest BCUT2D eigenvalue weighted by atomic mass is 9.93. The molecule has 152 valence electrons. The highest BCUT2D eigenvalue weighted by Crippen LogP contribution is 2.34. The standard InChI is InChI=1S/C24H21N7/c1-16-25-17(2)31(28-16)15-18-8-10-20(11-9-18)23-14-21(19-6-4-3-5-7-19)12-13-22(23)24-26-29-30-27-24/h3-14H,15H2,1-2H3,(H,26,27,29,30). The Bertz CT molecular complexity index is 1300. The summed E-state index contributed by atoms with van der Waals surface area (Å²) in [7, 11) is 0. The molecule has 7 heteroatoms. The van der Waals surface area contributed by atoms with Gasteiger partial charge in [-0.25, -0.2) is 9.67 Å². The molecule has 0 aliphatic heterocycles. The molecule has 0 unspecified atom stereocenters. The third-order valence-corrected chi connectivity index (χ3v) is 5.27. The van der Waals surface area contributed by atoms with Crippen LogP contribution >= 0.6 is 0 Å². The fraction of sp³-hybridized carbons (Fsp3) is 0.125. The monoisotopic (exact) mass is 407 g/mol. The van der Waals surface area contributed by atoms with Crippen LogP contribution in [0.1, 0.15) is 17.2 Å². The lowest BCUT2D eigenvalue weighted by Crippen LogP contribution is -2.04. The Labute approximate surface area is 179 Å². The molecule has 1 N–H and O–H groups in total. The molecule has 0 fully saturated rings. The fourth-order valence-corrected chi connectivity index (χ4v) is 3.74. The van der Waals surface area contributed by atoms with Crippen molar-refractivity contribution in [1.82, 2.24) is 35.4 Å². The summed E-state index contributed by atoms with van der Waals surface area (Å²) < 4.78 is 1.92. The van der Waals surface area contributed by atoms with Crippen molar-refractivity contribution in [2.75, 3.05) is 0 Å². The summed E-state index contributed by atoms with van der Waals surface area (Å²) in [6.45, 7) is 4.57. The molecule has 3 aromatic carbocycles. The second-order valence-electron chi connectivity index (χ2n) is 7.42. The van der Waals surface area contributed by atoms with Crippen LogP contribution in [0.25, 0.3) is 33.6 Å². The minimum Gasteiger partial charge on any atom is -0.246 e.